The molecule has 1 N–H and O–H groups in total. The maximum Gasteiger partial charge on any atom is 0.228 e. The lowest BCUT2D eigenvalue weighted by Crippen LogP contribution is -2.43. The molecule has 1 amide bonds. The van der Waals surface area contributed by atoms with Crippen LogP contribution in [-0.4, -0.2) is 52.7 Å². The van der Waals surface area contributed by atoms with Gasteiger partial charge in [-0.05, 0) is 31.0 Å². The number of hydrogen-bond acceptors (Lipinski definition) is 5. The Hall–Kier alpha value is -1.97. The zero-order chi connectivity index (χ0) is 18.0. The lowest BCUT2D eigenvalue weighted by Gasteiger charge is -2.30. The molecule has 0 saturated carbocycles. The van der Waals surface area contributed by atoms with E-state index in [2.05, 4.69) is 15.4 Å². The van der Waals surface area contributed by atoms with Crippen LogP contribution in [0.15, 0.2) is 30.9 Å². The van der Waals surface area contributed by atoms with Crippen molar-refractivity contribution >= 4 is 33.2 Å². The summed E-state index contributed by atoms with van der Waals surface area (Å²) in [5.41, 5.74) is 1.13. The maximum absolute atomic E-state index is 12.7. The number of nitrogens with zero attached hydrogens (tertiary/aromatic N) is 4. The van der Waals surface area contributed by atoms with Crippen LogP contribution in [0.4, 0.5) is 5.69 Å². The largest absolute Gasteiger partial charge is 0.324 e. The third kappa shape index (κ3) is 4.17. The van der Waals surface area contributed by atoms with Gasteiger partial charge in [0.15, 0.2) is 0 Å². The van der Waals surface area contributed by atoms with E-state index in [-0.39, 0.29) is 12.5 Å². The van der Waals surface area contributed by atoms with Crippen LogP contribution in [0, 0.1) is 5.92 Å². The van der Waals surface area contributed by atoms with Gasteiger partial charge in [0, 0.05) is 18.1 Å². The molecule has 2 aromatic rings. The molecule has 1 fully saturated rings. The first-order chi connectivity index (χ1) is 11.8. The van der Waals surface area contributed by atoms with Crippen molar-refractivity contribution in [3.8, 4) is 5.69 Å². The fourth-order valence-electron chi connectivity index (χ4n) is 2.83. The molecule has 1 saturated heterocycles. The van der Waals surface area contributed by atoms with E-state index in [1.54, 1.807) is 18.2 Å². The van der Waals surface area contributed by atoms with E-state index in [0.717, 1.165) is 6.26 Å². The van der Waals surface area contributed by atoms with Crippen LogP contribution in [0.5, 0.6) is 0 Å². The van der Waals surface area contributed by atoms with E-state index in [4.69, 9.17) is 11.6 Å². The molecule has 0 bridgehead atoms. The monoisotopic (exact) mass is 383 g/mol. The van der Waals surface area contributed by atoms with Gasteiger partial charge in [-0.1, -0.05) is 11.6 Å². The smallest absolute Gasteiger partial charge is 0.228 e. The molecule has 8 nitrogen and oxygen atoms in total. The number of nitrogens with one attached hydrogen (secondary N) is 1. The number of hydrogen-bond donors (Lipinski definition) is 1. The van der Waals surface area contributed by atoms with Crippen LogP contribution in [0.25, 0.3) is 5.69 Å². The van der Waals surface area contributed by atoms with E-state index in [9.17, 15) is 13.2 Å². The average molecular weight is 384 g/mol. The highest BCUT2D eigenvalue weighted by molar-refractivity contribution is 7.88. The van der Waals surface area contributed by atoms with Gasteiger partial charge in [0.25, 0.3) is 0 Å². The van der Waals surface area contributed by atoms with E-state index in [1.165, 1.54) is 21.6 Å². The summed E-state index contributed by atoms with van der Waals surface area (Å²) in [6.45, 7) is 0.633. The second-order valence-electron chi connectivity index (χ2n) is 5.95. The number of carbonyl (C=O) groups is 1. The number of rotatable bonds is 4. The topological polar surface area (TPSA) is 97.2 Å². The average Bonchev–Trinajstić information content (AvgIpc) is 3.08. The van der Waals surface area contributed by atoms with Crippen molar-refractivity contribution in [3.63, 3.8) is 0 Å². The van der Waals surface area contributed by atoms with Crippen LogP contribution in [-0.2, 0) is 14.8 Å². The van der Waals surface area contributed by atoms with Crippen LogP contribution in [0.1, 0.15) is 12.8 Å². The van der Waals surface area contributed by atoms with Crippen molar-refractivity contribution in [1.82, 2.24) is 19.1 Å². The molecule has 1 aromatic carbocycles. The third-order valence-electron chi connectivity index (χ3n) is 4.11. The lowest BCUT2D eigenvalue weighted by molar-refractivity contribution is -0.120. The van der Waals surface area contributed by atoms with Crippen LogP contribution < -0.4 is 5.32 Å². The molecule has 25 heavy (non-hydrogen) atoms. The number of benzene rings is 1. The first kappa shape index (κ1) is 17.8. The summed E-state index contributed by atoms with van der Waals surface area (Å²) in [6.07, 6.45) is 5.36. The Morgan fingerprint density at radius 1 is 1.40 bits per heavy atom. The van der Waals surface area contributed by atoms with Crippen molar-refractivity contribution in [2.75, 3.05) is 24.7 Å². The van der Waals surface area contributed by atoms with Crippen molar-refractivity contribution in [1.29, 1.82) is 0 Å². The highest BCUT2D eigenvalue weighted by atomic mass is 35.5. The number of carbonyl (C=O) groups excluding carboxylic acids is 1. The van der Waals surface area contributed by atoms with Crippen LogP contribution in [0.2, 0.25) is 5.02 Å². The predicted octanol–water partition coefficient (Wildman–Crippen LogP) is 1.53. The van der Waals surface area contributed by atoms with Gasteiger partial charge in [-0.3, -0.25) is 4.79 Å². The summed E-state index contributed by atoms with van der Waals surface area (Å²) in [4.78, 5) is 16.6. The Labute approximate surface area is 150 Å². The number of aromatic nitrogens is 3. The molecule has 3 rings (SSSR count). The minimum absolute atomic E-state index is 0.184. The number of halogens is 1. The van der Waals surface area contributed by atoms with Gasteiger partial charge in [-0.25, -0.2) is 22.4 Å². The highest BCUT2D eigenvalue weighted by Crippen LogP contribution is 2.26. The Kier molecular flexibility index (Phi) is 5.07. The van der Waals surface area contributed by atoms with Crippen molar-refractivity contribution < 1.29 is 13.2 Å². The van der Waals surface area contributed by atoms with Crippen molar-refractivity contribution in [2.45, 2.75) is 12.8 Å². The summed E-state index contributed by atoms with van der Waals surface area (Å²) in [5.74, 6) is -0.650. The first-order valence-electron chi connectivity index (χ1n) is 7.75. The molecule has 1 aliphatic rings. The Bertz CT molecular complexity index is 869. The Morgan fingerprint density at radius 3 is 2.88 bits per heavy atom. The second-order valence-corrected chi connectivity index (χ2v) is 8.37. The minimum atomic E-state index is -3.31. The normalized spacial score (nSPS) is 18.9. The quantitative estimate of drug-likeness (QED) is 0.863. The molecule has 134 valence electrons. The van der Waals surface area contributed by atoms with Crippen LogP contribution >= 0.6 is 11.6 Å². The van der Waals surface area contributed by atoms with Crippen LogP contribution in [0.3, 0.4) is 0 Å². The number of piperidine rings is 1. The van der Waals surface area contributed by atoms with Gasteiger partial charge in [-0.2, -0.15) is 5.10 Å². The summed E-state index contributed by atoms with van der Waals surface area (Å²) in [7, 11) is -3.31. The zero-order valence-corrected chi connectivity index (χ0v) is 15.2. The molecule has 1 aliphatic heterocycles. The van der Waals surface area contributed by atoms with Gasteiger partial charge in [0.1, 0.15) is 12.7 Å². The van der Waals surface area contributed by atoms with E-state index in [1.807, 2.05) is 0 Å². The standard InChI is InChI=1S/C15H18ClN5O3S/c1-25(23,24)20-6-2-3-11(8-20)15(22)19-13-7-12(16)4-5-14(13)21-10-17-9-18-21/h4-5,7,9-11H,2-3,6,8H2,1H3,(H,19,22). The van der Waals surface area contributed by atoms with Gasteiger partial charge >= 0.3 is 0 Å². The lowest BCUT2D eigenvalue weighted by atomic mass is 9.98. The van der Waals surface area contributed by atoms with Gasteiger partial charge in [-0.15, -0.1) is 0 Å². The summed E-state index contributed by atoms with van der Waals surface area (Å²) in [6, 6.07) is 5.06. The fourth-order valence-corrected chi connectivity index (χ4v) is 3.92. The molecule has 1 atom stereocenters. The summed E-state index contributed by atoms with van der Waals surface area (Å²) in [5, 5.41) is 7.39. The highest BCUT2D eigenvalue weighted by Gasteiger charge is 2.30. The molecule has 0 radical (unpaired) electrons. The molecule has 0 spiro atoms. The third-order valence-corrected chi connectivity index (χ3v) is 5.61. The molecule has 1 aromatic heterocycles. The molecule has 0 aliphatic carbocycles. The predicted molar refractivity (Wildman–Crippen MR) is 94.1 cm³/mol. The fraction of sp³-hybridized carbons (Fsp3) is 0.400. The van der Waals surface area contributed by atoms with Gasteiger partial charge in [0.2, 0.25) is 15.9 Å². The van der Waals surface area contributed by atoms with Crippen molar-refractivity contribution in [3.05, 3.63) is 35.9 Å². The number of amides is 1. The maximum atomic E-state index is 12.7. The molecule has 1 unspecified atom stereocenters. The van der Waals surface area contributed by atoms with Gasteiger partial charge in [0.05, 0.1) is 23.5 Å². The SMILES string of the molecule is CS(=O)(=O)N1CCCC(C(=O)Nc2cc(Cl)ccc2-n2cncn2)C1. The Morgan fingerprint density at radius 2 is 2.20 bits per heavy atom. The molecular weight excluding hydrogens is 366 g/mol. The molecule has 10 heteroatoms. The second kappa shape index (κ2) is 7.11. The van der Waals surface area contributed by atoms with E-state index < -0.39 is 15.9 Å². The number of anilines is 1. The first-order valence-corrected chi connectivity index (χ1v) is 9.98. The summed E-state index contributed by atoms with van der Waals surface area (Å²) >= 11 is 6.05. The molecular formula is C15H18ClN5O3S. The zero-order valence-electron chi connectivity index (χ0n) is 13.6. The van der Waals surface area contributed by atoms with E-state index >= 15 is 0 Å². The van der Waals surface area contributed by atoms with Gasteiger partial charge < -0.3 is 5.32 Å². The Balaban J connectivity index is 1.80. The minimum Gasteiger partial charge on any atom is -0.324 e. The van der Waals surface area contributed by atoms with Crippen molar-refractivity contribution in [2.24, 2.45) is 5.92 Å². The van der Waals surface area contributed by atoms with E-state index in [0.29, 0.717) is 35.8 Å². The summed E-state index contributed by atoms with van der Waals surface area (Å²) < 4.78 is 26.3. The molecule has 2 heterocycles. The number of sulfonamides is 1.